The standard InChI is InChI=1S/C21H21NO4/c1-23-18-10-3-5-12-20(18)25-14-16-8-7-9-17(22-16)15-26-21-13-6-4-11-19(21)24-2/h3-13H,14-15H2,1-2H3. The Morgan fingerprint density at radius 2 is 1.00 bits per heavy atom. The van der Waals surface area contributed by atoms with E-state index in [1.165, 1.54) is 0 Å². The minimum Gasteiger partial charge on any atom is -0.493 e. The van der Waals surface area contributed by atoms with Crippen LogP contribution in [0.15, 0.2) is 66.7 Å². The fraction of sp³-hybridized carbons (Fsp3) is 0.190. The zero-order chi connectivity index (χ0) is 18.2. The van der Waals surface area contributed by atoms with Crippen molar-refractivity contribution in [2.24, 2.45) is 0 Å². The average molecular weight is 351 g/mol. The molecule has 1 aromatic heterocycles. The molecular formula is C21H21NO4. The number of hydrogen-bond acceptors (Lipinski definition) is 5. The van der Waals surface area contributed by atoms with Crippen LogP contribution < -0.4 is 18.9 Å². The molecule has 0 bridgehead atoms. The van der Waals surface area contributed by atoms with E-state index >= 15 is 0 Å². The SMILES string of the molecule is COc1ccccc1OCc1cccc(COc2ccccc2OC)n1. The van der Waals surface area contributed by atoms with Gasteiger partial charge in [-0.15, -0.1) is 0 Å². The van der Waals surface area contributed by atoms with Gasteiger partial charge in [-0.25, -0.2) is 0 Å². The first-order valence-corrected chi connectivity index (χ1v) is 8.26. The average Bonchev–Trinajstić information content (AvgIpc) is 2.71. The van der Waals surface area contributed by atoms with Gasteiger partial charge in [0.15, 0.2) is 23.0 Å². The summed E-state index contributed by atoms with van der Waals surface area (Å²) in [5.41, 5.74) is 1.63. The molecule has 0 atom stereocenters. The molecule has 0 fully saturated rings. The highest BCUT2D eigenvalue weighted by Crippen LogP contribution is 2.27. The number of nitrogens with zero attached hydrogens (tertiary/aromatic N) is 1. The van der Waals surface area contributed by atoms with Gasteiger partial charge in [0.25, 0.3) is 0 Å². The Morgan fingerprint density at radius 3 is 1.42 bits per heavy atom. The Bertz CT molecular complexity index is 784. The van der Waals surface area contributed by atoms with Gasteiger partial charge < -0.3 is 18.9 Å². The van der Waals surface area contributed by atoms with Crippen molar-refractivity contribution in [1.29, 1.82) is 0 Å². The smallest absolute Gasteiger partial charge is 0.161 e. The third-order valence-corrected chi connectivity index (χ3v) is 3.75. The van der Waals surface area contributed by atoms with Crippen molar-refractivity contribution in [2.75, 3.05) is 14.2 Å². The highest BCUT2D eigenvalue weighted by molar-refractivity contribution is 5.40. The van der Waals surface area contributed by atoms with E-state index in [4.69, 9.17) is 18.9 Å². The van der Waals surface area contributed by atoms with Gasteiger partial charge in [0.1, 0.15) is 13.2 Å². The molecule has 0 aliphatic rings. The molecule has 0 aliphatic carbocycles. The summed E-state index contributed by atoms with van der Waals surface area (Å²) in [7, 11) is 3.24. The molecule has 0 N–H and O–H groups in total. The number of benzene rings is 2. The van der Waals surface area contributed by atoms with E-state index in [0.29, 0.717) is 36.2 Å². The van der Waals surface area contributed by atoms with E-state index in [2.05, 4.69) is 4.98 Å². The Hall–Kier alpha value is -3.21. The Kier molecular flexibility index (Phi) is 5.93. The van der Waals surface area contributed by atoms with Crippen LogP contribution in [0.25, 0.3) is 0 Å². The molecule has 1 heterocycles. The van der Waals surface area contributed by atoms with Crippen LogP contribution in [-0.2, 0) is 13.2 Å². The molecule has 134 valence electrons. The number of hydrogen-bond donors (Lipinski definition) is 0. The number of ether oxygens (including phenoxy) is 4. The summed E-state index contributed by atoms with van der Waals surface area (Å²) in [5, 5.41) is 0. The molecule has 2 aromatic carbocycles. The Balaban J connectivity index is 1.63. The predicted octanol–water partition coefficient (Wildman–Crippen LogP) is 4.26. The maximum atomic E-state index is 5.82. The van der Waals surface area contributed by atoms with Crippen molar-refractivity contribution >= 4 is 0 Å². The van der Waals surface area contributed by atoms with Gasteiger partial charge in [-0.3, -0.25) is 4.98 Å². The third kappa shape index (κ3) is 4.45. The number of aromatic nitrogens is 1. The van der Waals surface area contributed by atoms with Crippen LogP contribution in [-0.4, -0.2) is 19.2 Å². The second kappa shape index (κ2) is 8.76. The number of pyridine rings is 1. The van der Waals surface area contributed by atoms with Crippen LogP contribution in [0, 0.1) is 0 Å². The monoisotopic (exact) mass is 351 g/mol. The second-order valence-electron chi connectivity index (χ2n) is 5.50. The normalized spacial score (nSPS) is 10.2. The number of methoxy groups -OCH3 is 2. The van der Waals surface area contributed by atoms with E-state index in [1.807, 2.05) is 66.7 Å². The van der Waals surface area contributed by atoms with Gasteiger partial charge in [-0.2, -0.15) is 0 Å². The van der Waals surface area contributed by atoms with Gasteiger partial charge in [0.05, 0.1) is 25.6 Å². The van der Waals surface area contributed by atoms with Crippen molar-refractivity contribution in [2.45, 2.75) is 13.2 Å². The van der Waals surface area contributed by atoms with Gasteiger partial charge in [-0.05, 0) is 36.4 Å². The van der Waals surface area contributed by atoms with Gasteiger partial charge in [0, 0.05) is 0 Å². The summed E-state index contributed by atoms with van der Waals surface area (Å²) in [6.07, 6.45) is 0. The van der Waals surface area contributed by atoms with Crippen molar-refractivity contribution in [3.8, 4) is 23.0 Å². The Labute approximate surface area is 153 Å². The van der Waals surface area contributed by atoms with Crippen molar-refractivity contribution < 1.29 is 18.9 Å². The topological polar surface area (TPSA) is 49.8 Å². The zero-order valence-corrected chi connectivity index (χ0v) is 14.8. The molecule has 5 heteroatoms. The molecule has 0 spiro atoms. The van der Waals surface area contributed by atoms with Crippen molar-refractivity contribution in [1.82, 2.24) is 4.98 Å². The van der Waals surface area contributed by atoms with Gasteiger partial charge in [0.2, 0.25) is 0 Å². The lowest BCUT2D eigenvalue weighted by Gasteiger charge is -2.12. The van der Waals surface area contributed by atoms with Crippen molar-refractivity contribution in [3.63, 3.8) is 0 Å². The summed E-state index contributed by atoms with van der Waals surface area (Å²) in [6, 6.07) is 20.9. The molecule has 5 nitrogen and oxygen atoms in total. The molecule has 0 aliphatic heterocycles. The third-order valence-electron chi connectivity index (χ3n) is 3.75. The summed E-state index contributed by atoms with van der Waals surface area (Å²) in [6.45, 7) is 0.700. The van der Waals surface area contributed by atoms with Crippen LogP contribution >= 0.6 is 0 Å². The summed E-state index contributed by atoms with van der Waals surface area (Å²) < 4.78 is 22.2. The Morgan fingerprint density at radius 1 is 0.577 bits per heavy atom. The highest BCUT2D eigenvalue weighted by Gasteiger charge is 2.06. The molecule has 0 unspecified atom stereocenters. The van der Waals surface area contributed by atoms with E-state index in [1.54, 1.807) is 14.2 Å². The molecule has 3 rings (SSSR count). The van der Waals surface area contributed by atoms with E-state index < -0.39 is 0 Å². The van der Waals surface area contributed by atoms with Crippen LogP contribution in [0.2, 0.25) is 0 Å². The van der Waals surface area contributed by atoms with Gasteiger partial charge >= 0.3 is 0 Å². The quantitative estimate of drug-likeness (QED) is 0.607. The predicted molar refractivity (Wildman–Crippen MR) is 98.9 cm³/mol. The second-order valence-corrected chi connectivity index (χ2v) is 5.50. The van der Waals surface area contributed by atoms with Crippen molar-refractivity contribution in [3.05, 3.63) is 78.1 Å². The molecule has 3 aromatic rings. The van der Waals surface area contributed by atoms with E-state index in [0.717, 1.165) is 11.4 Å². The number of para-hydroxylation sites is 4. The largest absolute Gasteiger partial charge is 0.493 e. The molecule has 0 radical (unpaired) electrons. The fourth-order valence-corrected chi connectivity index (χ4v) is 2.47. The maximum absolute atomic E-state index is 5.82. The molecule has 0 saturated heterocycles. The fourth-order valence-electron chi connectivity index (χ4n) is 2.47. The minimum absolute atomic E-state index is 0.350. The first-order valence-electron chi connectivity index (χ1n) is 8.26. The molecule has 26 heavy (non-hydrogen) atoms. The molecular weight excluding hydrogens is 330 g/mol. The summed E-state index contributed by atoms with van der Waals surface area (Å²) >= 11 is 0. The van der Waals surface area contributed by atoms with Crippen LogP contribution in [0.1, 0.15) is 11.4 Å². The lowest BCUT2D eigenvalue weighted by molar-refractivity contribution is 0.271. The lowest BCUT2D eigenvalue weighted by Crippen LogP contribution is -2.04. The van der Waals surface area contributed by atoms with E-state index in [-0.39, 0.29) is 0 Å². The first kappa shape index (κ1) is 17.6. The summed E-state index contributed by atoms with van der Waals surface area (Å²) in [5.74, 6) is 2.77. The van der Waals surface area contributed by atoms with Gasteiger partial charge in [-0.1, -0.05) is 30.3 Å². The van der Waals surface area contributed by atoms with Crippen LogP contribution in [0.3, 0.4) is 0 Å². The van der Waals surface area contributed by atoms with Crippen LogP contribution in [0.4, 0.5) is 0 Å². The first-order chi connectivity index (χ1) is 12.8. The van der Waals surface area contributed by atoms with Crippen LogP contribution in [0.5, 0.6) is 23.0 Å². The summed E-state index contributed by atoms with van der Waals surface area (Å²) in [4.78, 5) is 4.58. The zero-order valence-electron chi connectivity index (χ0n) is 14.8. The lowest BCUT2D eigenvalue weighted by atomic mass is 10.3. The molecule has 0 saturated carbocycles. The number of rotatable bonds is 8. The molecule has 0 amide bonds. The maximum Gasteiger partial charge on any atom is 0.161 e. The minimum atomic E-state index is 0.350. The van der Waals surface area contributed by atoms with E-state index in [9.17, 15) is 0 Å². The highest BCUT2D eigenvalue weighted by atomic mass is 16.5.